The van der Waals surface area contributed by atoms with Crippen LogP contribution in [-0.2, 0) is 15.9 Å². The highest BCUT2D eigenvalue weighted by atomic mass is 32.2. The minimum atomic E-state index is -1.87. The van der Waals surface area contributed by atoms with Gasteiger partial charge < -0.3 is 13.8 Å². The predicted molar refractivity (Wildman–Crippen MR) is 134 cm³/mol. The van der Waals surface area contributed by atoms with E-state index in [2.05, 4.69) is 6.92 Å². The third kappa shape index (κ3) is 13.4. The Labute approximate surface area is 197 Å². The average Bonchev–Trinajstić information content (AvgIpc) is 2.75. The Balaban J connectivity index is 2.30. The zero-order valence-corrected chi connectivity index (χ0v) is 21.1. The number of ether oxygens (including phenoxy) is 1. The highest BCUT2D eigenvalue weighted by Gasteiger charge is 2.14. The minimum Gasteiger partial charge on any atom is -0.494 e. The Kier molecular flexibility index (Phi) is 15.3. The Morgan fingerprint density at radius 3 is 1.97 bits per heavy atom. The number of carbonyl (C=O) groups excluding carboxylic acids is 1. The molecule has 0 aliphatic rings. The van der Waals surface area contributed by atoms with E-state index in [0.29, 0.717) is 12.4 Å². The van der Waals surface area contributed by atoms with Gasteiger partial charge in [-0.3, -0.25) is 4.79 Å². The molecule has 0 amide bonds. The van der Waals surface area contributed by atoms with Gasteiger partial charge >= 0.3 is 0 Å². The molecule has 1 rings (SSSR count). The summed E-state index contributed by atoms with van der Waals surface area (Å²) in [7, 11) is 3.73. The molecule has 0 aliphatic heterocycles. The van der Waals surface area contributed by atoms with E-state index in [1.807, 2.05) is 19.0 Å². The van der Waals surface area contributed by atoms with Gasteiger partial charge in [-0.15, -0.1) is 0 Å². The second kappa shape index (κ2) is 17.5. The number of unbranched alkanes of at least 4 members (excludes halogenated alkanes) is 9. The van der Waals surface area contributed by atoms with Crippen LogP contribution in [-0.4, -0.2) is 35.6 Å². The molecule has 0 heterocycles. The summed E-state index contributed by atoms with van der Waals surface area (Å²) in [6, 6.07) is 7.01. The monoisotopic (exact) mass is 463 g/mol. The highest BCUT2D eigenvalue weighted by Crippen LogP contribution is 2.20. The first-order valence-electron chi connectivity index (χ1n) is 11.8. The van der Waals surface area contributed by atoms with Crippen molar-refractivity contribution in [2.45, 2.75) is 78.1 Å². The van der Waals surface area contributed by atoms with Crippen LogP contribution in [0.3, 0.4) is 0 Å². The average molecular weight is 464 g/mol. The molecule has 0 saturated heterocycles. The van der Waals surface area contributed by atoms with Crippen LogP contribution in [0.5, 0.6) is 11.5 Å². The number of ketones is 1. The summed E-state index contributed by atoms with van der Waals surface area (Å²) < 4.78 is 23.7. The third-order valence-electron chi connectivity index (χ3n) is 4.92. The van der Waals surface area contributed by atoms with Crippen molar-refractivity contribution in [2.24, 2.45) is 0 Å². The molecule has 1 aromatic carbocycles. The second-order valence-electron chi connectivity index (χ2n) is 8.21. The number of carbonyl (C=O) groups is 1. The Bertz CT molecular complexity index is 726. The number of nitrogens with zero attached hydrogens (tertiary/aromatic N) is 1. The van der Waals surface area contributed by atoms with Crippen molar-refractivity contribution < 1.29 is 17.9 Å². The van der Waals surface area contributed by atoms with E-state index in [0.717, 1.165) is 12.2 Å². The van der Waals surface area contributed by atoms with Crippen molar-refractivity contribution in [2.75, 3.05) is 20.7 Å². The lowest BCUT2D eigenvalue weighted by Crippen LogP contribution is -2.10. The summed E-state index contributed by atoms with van der Waals surface area (Å²) in [5.74, 6) is 0.900. The van der Waals surface area contributed by atoms with Crippen molar-refractivity contribution in [3.05, 3.63) is 47.5 Å². The van der Waals surface area contributed by atoms with Crippen molar-refractivity contribution >= 4 is 16.9 Å². The third-order valence-corrected chi connectivity index (χ3v) is 6.05. The molecule has 1 aromatic rings. The van der Waals surface area contributed by atoms with Gasteiger partial charge in [0.25, 0.3) is 0 Å². The van der Waals surface area contributed by atoms with E-state index >= 15 is 0 Å². The SMILES string of the molecule is CCCCCCCCCCCCOc1ccc(OS(=O)C(=CC=CN(C)C)C(C)=O)cc1. The van der Waals surface area contributed by atoms with Crippen LogP contribution >= 0.6 is 0 Å². The molecule has 0 fully saturated rings. The fourth-order valence-corrected chi connectivity index (χ4v) is 3.90. The fourth-order valence-electron chi connectivity index (χ4n) is 3.10. The molecule has 32 heavy (non-hydrogen) atoms. The molecular weight excluding hydrogens is 422 g/mol. The summed E-state index contributed by atoms with van der Waals surface area (Å²) in [6.07, 6.45) is 17.9. The standard InChI is InChI=1S/C26H41NO4S/c1-5-6-7-8-9-10-11-12-13-14-22-30-24-17-19-25(20-18-24)31-32(29)26(23(2)28)16-15-21-27(3)4/h15-21H,5-14,22H2,1-4H3. The quantitative estimate of drug-likeness (QED) is 0.140. The largest absolute Gasteiger partial charge is 0.494 e. The molecule has 5 nitrogen and oxygen atoms in total. The van der Waals surface area contributed by atoms with Gasteiger partial charge in [0.2, 0.25) is 11.1 Å². The molecule has 180 valence electrons. The van der Waals surface area contributed by atoms with Gasteiger partial charge in [0.1, 0.15) is 16.4 Å². The summed E-state index contributed by atoms with van der Waals surface area (Å²) in [5, 5.41) is 0. The number of rotatable bonds is 18. The molecule has 1 unspecified atom stereocenters. The van der Waals surface area contributed by atoms with Gasteiger partial charge in [0, 0.05) is 14.1 Å². The van der Waals surface area contributed by atoms with Crippen LogP contribution in [0.25, 0.3) is 0 Å². The van der Waals surface area contributed by atoms with E-state index in [9.17, 15) is 9.00 Å². The lowest BCUT2D eigenvalue weighted by Gasteiger charge is -2.09. The Morgan fingerprint density at radius 2 is 1.44 bits per heavy atom. The first kappa shape index (κ1) is 28.0. The van der Waals surface area contributed by atoms with Crippen LogP contribution in [0.4, 0.5) is 0 Å². The number of allylic oxidation sites excluding steroid dienone is 3. The molecule has 1 atom stereocenters. The van der Waals surface area contributed by atoms with Crippen molar-refractivity contribution in [3.8, 4) is 11.5 Å². The van der Waals surface area contributed by atoms with E-state index < -0.39 is 11.1 Å². The topological polar surface area (TPSA) is 55.8 Å². The Morgan fingerprint density at radius 1 is 0.906 bits per heavy atom. The van der Waals surface area contributed by atoms with E-state index in [-0.39, 0.29) is 10.7 Å². The molecule has 0 bridgehead atoms. The Hall–Kier alpha value is -2.08. The van der Waals surface area contributed by atoms with Gasteiger partial charge in [-0.2, -0.15) is 0 Å². The zero-order chi connectivity index (χ0) is 23.6. The van der Waals surface area contributed by atoms with Crippen LogP contribution in [0.15, 0.2) is 47.5 Å². The van der Waals surface area contributed by atoms with Crippen LogP contribution in [0, 0.1) is 0 Å². The summed E-state index contributed by atoms with van der Waals surface area (Å²) in [5.41, 5.74) is 0. The normalized spacial score (nSPS) is 12.7. The summed E-state index contributed by atoms with van der Waals surface area (Å²) in [4.78, 5) is 13.7. The lowest BCUT2D eigenvalue weighted by molar-refractivity contribution is -0.113. The fraction of sp³-hybridized carbons (Fsp3) is 0.577. The van der Waals surface area contributed by atoms with Gasteiger partial charge in [-0.25, -0.2) is 4.21 Å². The van der Waals surface area contributed by atoms with Crippen LogP contribution in [0.2, 0.25) is 0 Å². The van der Waals surface area contributed by atoms with E-state index in [1.165, 1.54) is 70.8 Å². The maximum atomic E-state index is 12.4. The van der Waals surface area contributed by atoms with Gasteiger partial charge in [-0.1, -0.05) is 64.7 Å². The van der Waals surface area contributed by atoms with Crippen molar-refractivity contribution in [1.82, 2.24) is 4.90 Å². The van der Waals surface area contributed by atoms with E-state index in [1.54, 1.807) is 36.5 Å². The first-order chi connectivity index (χ1) is 15.4. The molecule has 0 aromatic heterocycles. The number of hydrogen-bond acceptors (Lipinski definition) is 5. The van der Waals surface area contributed by atoms with Crippen LogP contribution in [0.1, 0.15) is 78.1 Å². The van der Waals surface area contributed by atoms with Gasteiger partial charge in [0.15, 0.2) is 5.78 Å². The molecular formula is C26H41NO4S. The lowest BCUT2D eigenvalue weighted by atomic mass is 10.1. The van der Waals surface area contributed by atoms with Crippen LogP contribution < -0.4 is 8.92 Å². The van der Waals surface area contributed by atoms with Crippen molar-refractivity contribution in [1.29, 1.82) is 0 Å². The number of Topliss-reactive ketones (excluding diaryl/α,β-unsaturated/α-hetero) is 1. The van der Waals surface area contributed by atoms with Crippen molar-refractivity contribution in [3.63, 3.8) is 0 Å². The van der Waals surface area contributed by atoms with E-state index in [4.69, 9.17) is 8.92 Å². The first-order valence-corrected chi connectivity index (χ1v) is 12.9. The summed E-state index contributed by atoms with van der Waals surface area (Å²) in [6.45, 7) is 4.32. The molecule has 6 heteroatoms. The predicted octanol–water partition coefficient (Wildman–Crippen LogP) is 6.58. The van der Waals surface area contributed by atoms with Gasteiger partial charge in [-0.05, 0) is 56.0 Å². The smallest absolute Gasteiger partial charge is 0.244 e. The highest BCUT2D eigenvalue weighted by molar-refractivity contribution is 7.85. The summed E-state index contributed by atoms with van der Waals surface area (Å²) >= 11 is -1.87. The maximum absolute atomic E-state index is 12.4. The second-order valence-corrected chi connectivity index (χ2v) is 9.29. The van der Waals surface area contributed by atoms with Gasteiger partial charge in [0.05, 0.1) is 6.61 Å². The number of hydrogen-bond donors (Lipinski definition) is 0. The molecule has 0 saturated carbocycles. The maximum Gasteiger partial charge on any atom is 0.244 e. The molecule has 0 spiro atoms. The zero-order valence-electron chi connectivity index (χ0n) is 20.3. The molecule has 0 aliphatic carbocycles. The molecule has 0 radical (unpaired) electrons. The minimum absolute atomic E-state index is 0.115. The molecule has 0 N–H and O–H groups in total. The number of benzene rings is 1.